The van der Waals surface area contributed by atoms with Gasteiger partial charge in [-0.1, -0.05) is 0 Å². The van der Waals surface area contributed by atoms with Gasteiger partial charge in [-0.05, 0) is 19.8 Å². The third-order valence-corrected chi connectivity index (χ3v) is 4.52. The minimum absolute atomic E-state index is 0.0369. The van der Waals surface area contributed by atoms with Crippen molar-refractivity contribution in [2.45, 2.75) is 32.0 Å². The highest BCUT2D eigenvalue weighted by molar-refractivity contribution is 5.85. The zero-order valence-electron chi connectivity index (χ0n) is 16.4. The number of alkyl halides is 3. The Morgan fingerprint density at radius 2 is 1.82 bits per heavy atom. The van der Waals surface area contributed by atoms with E-state index in [0.29, 0.717) is 56.2 Å². The first kappa shape index (κ1) is 22.3. The molecule has 0 aromatic carbocycles. The number of aliphatic imine (C=N–C) groups is 1. The quantitative estimate of drug-likeness (QED) is 0.455. The van der Waals surface area contributed by atoms with Gasteiger partial charge < -0.3 is 20.4 Å². The second-order valence-electron chi connectivity index (χ2n) is 7.14. The lowest BCUT2D eigenvalue weighted by atomic mass is 10.3. The Hall–Kier alpha value is -2.04. The molecule has 11 heteroatoms. The molecule has 2 amide bonds. The highest BCUT2D eigenvalue weighted by Gasteiger charge is 2.31. The van der Waals surface area contributed by atoms with Crippen LogP contribution in [0.3, 0.4) is 0 Å². The fourth-order valence-corrected chi connectivity index (χ4v) is 2.87. The van der Waals surface area contributed by atoms with E-state index >= 15 is 0 Å². The minimum atomic E-state index is -4.43. The molecule has 0 unspecified atom stereocenters. The number of nitrogens with one attached hydrogen (secondary N) is 2. The summed E-state index contributed by atoms with van der Waals surface area (Å²) in [6.07, 6.45) is -2.32. The summed E-state index contributed by atoms with van der Waals surface area (Å²) in [4.78, 5) is 32.6. The lowest BCUT2D eigenvalue weighted by Crippen LogP contribution is -2.54. The summed E-state index contributed by atoms with van der Waals surface area (Å²) in [5.74, 6) is -0.156. The average Bonchev–Trinajstić information content (AvgIpc) is 3.41. The molecule has 0 radical (unpaired) electrons. The second-order valence-corrected chi connectivity index (χ2v) is 7.14. The van der Waals surface area contributed by atoms with Crippen LogP contribution in [0.1, 0.15) is 19.8 Å². The van der Waals surface area contributed by atoms with Gasteiger partial charge in [0.15, 0.2) is 5.96 Å². The van der Waals surface area contributed by atoms with Gasteiger partial charge in [0.05, 0.1) is 6.54 Å². The van der Waals surface area contributed by atoms with Gasteiger partial charge in [-0.3, -0.25) is 14.5 Å². The normalized spacial score (nSPS) is 18.8. The molecule has 1 saturated carbocycles. The molecule has 0 aromatic rings. The number of carbonyl (C=O) groups excluding carboxylic acids is 2. The summed E-state index contributed by atoms with van der Waals surface area (Å²) in [7, 11) is 1.11. The van der Waals surface area contributed by atoms with Gasteiger partial charge in [-0.2, -0.15) is 13.2 Å². The number of likely N-dealkylation sites (N-methyl/N-ethyl adjacent to an activating group) is 1. The number of carbonyl (C=O) groups is 2. The number of nitrogens with zero attached hydrogens (tertiary/aromatic N) is 4. The molecule has 1 aliphatic carbocycles. The smallest absolute Gasteiger partial charge is 0.357 e. The number of hydrogen-bond acceptors (Lipinski definition) is 4. The number of amides is 2. The Morgan fingerprint density at radius 3 is 2.36 bits per heavy atom. The van der Waals surface area contributed by atoms with Gasteiger partial charge >= 0.3 is 6.18 Å². The average molecular weight is 406 g/mol. The van der Waals surface area contributed by atoms with Crippen LogP contribution in [-0.2, 0) is 9.59 Å². The molecular formula is C17H29F3N6O2. The van der Waals surface area contributed by atoms with Crippen LogP contribution in [0.25, 0.3) is 0 Å². The largest absolute Gasteiger partial charge is 0.406 e. The first-order valence-corrected chi connectivity index (χ1v) is 9.53. The highest BCUT2D eigenvalue weighted by Crippen LogP contribution is 2.18. The van der Waals surface area contributed by atoms with E-state index in [9.17, 15) is 22.8 Å². The molecule has 0 spiro atoms. The molecule has 0 bridgehead atoms. The van der Waals surface area contributed by atoms with E-state index in [0.717, 1.165) is 19.9 Å². The van der Waals surface area contributed by atoms with E-state index in [1.165, 1.54) is 0 Å². The van der Waals surface area contributed by atoms with E-state index in [4.69, 9.17) is 0 Å². The Bertz CT molecular complexity index is 572. The third-order valence-electron chi connectivity index (χ3n) is 4.52. The number of guanidine groups is 1. The van der Waals surface area contributed by atoms with E-state index < -0.39 is 18.6 Å². The van der Waals surface area contributed by atoms with Gasteiger partial charge in [0, 0.05) is 45.8 Å². The van der Waals surface area contributed by atoms with Crippen LogP contribution in [-0.4, -0.2) is 104 Å². The molecular weight excluding hydrogens is 377 g/mol. The monoisotopic (exact) mass is 406 g/mol. The molecule has 0 aromatic heterocycles. The molecule has 1 saturated heterocycles. The summed E-state index contributed by atoms with van der Waals surface area (Å²) in [6.45, 7) is 3.76. The van der Waals surface area contributed by atoms with E-state index in [1.807, 2.05) is 11.8 Å². The number of piperazine rings is 1. The number of halogens is 3. The Morgan fingerprint density at radius 1 is 1.18 bits per heavy atom. The molecule has 1 aliphatic heterocycles. The van der Waals surface area contributed by atoms with Gasteiger partial charge in [0.2, 0.25) is 11.8 Å². The Labute approximate surface area is 163 Å². The summed E-state index contributed by atoms with van der Waals surface area (Å²) in [5.41, 5.74) is 0. The molecule has 0 atom stereocenters. The summed E-state index contributed by atoms with van der Waals surface area (Å²) >= 11 is 0. The van der Waals surface area contributed by atoms with Crippen LogP contribution in [0, 0.1) is 0 Å². The second kappa shape index (κ2) is 9.94. The molecule has 160 valence electrons. The predicted octanol–water partition coefficient (Wildman–Crippen LogP) is -0.131. The standard InChI is InChI=1S/C17H29F3N6O2/c1-3-21-16(22-10-15(28)24(2)12-17(18,19)20)26-8-6-25(7-9-26)11-14(27)23-13-4-5-13/h13H,3-12H2,1-2H3,(H,21,22)(H,23,27). The SMILES string of the molecule is CCNC(=NCC(=O)N(C)CC(F)(F)F)N1CCN(CC(=O)NC2CC2)CC1. The van der Waals surface area contributed by atoms with Crippen LogP contribution in [0.4, 0.5) is 13.2 Å². The molecule has 1 heterocycles. The van der Waals surface area contributed by atoms with Crippen molar-refractivity contribution in [3.63, 3.8) is 0 Å². The van der Waals surface area contributed by atoms with E-state index in [-0.39, 0.29) is 12.5 Å². The fraction of sp³-hybridized carbons (Fsp3) is 0.824. The van der Waals surface area contributed by atoms with Crippen molar-refractivity contribution in [1.29, 1.82) is 0 Å². The topological polar surface area (TPSA) is 80.3 Å². The molecule has 2 N–H and O–H groups in total. The lowest BCUT2D eigenvalue weighted by molar-refractivity contribution is -0.157. The summed E-state index contributed by atoms with van der Waals surface area (Å²) in [6, 6.07) is 0.342. The minimum Gasteiger partial charge on any atom is -0.357 e. The van der Waals surface area contributed by atoms with Crippen molar-refractivity contribution in [3.05, 3.63) is 0 Å². The maximum atomic E-state index is 12.4. The Balaban J connectivity index is 1.81. The molecule has 8 nitrogen and oxygen atoms in total. The highest BCUT2D eigenvalue weighted by atomic mass is 19.4. The summed E-state index contributed by atoms with van der Waals surface area (Å²) < 4.78 is 37.2. The zero-order valence-corrected chi connectivity index (χ0v) is 16.4. The fourth-order valence-electron chi connectivity index (χ4n) is 2.87. The van der Waals surface area contributed by atoms with Gasteiger partial charge in [-0.15, -0.1) is 0 Å². The van der Waals surface area contributed by atoms with Crippen molar-refractivity contribution in [2.75, 3.05) is 59.4 Å². The first-order valence-electron chi connectivity index (χ1n) is 9.53. The Kier molecular flexibility index (Phi) is 7.90. The van der Waals surface area contributed by atoms with Crippen molar-refractivity contribution < 1.29 is 22.8 Å². The van der Waals surface area contributed by atoms with Crippen molar-refractivity contribution in [1.82, 2.24) is 25.3 Å². The van der Waals surface area contributed by atoms with Crippen LogP contribution in [0.2, 0.25) is 0 Å². The number of rotatable bonds is 7. The summed E-state index contributed by atoms with van der Waals surface area (Å²) in [5, 5.41) is 6.03. The van der Waals surface area contributed by atoms with Crippen LogP contribution in [0.5, 0.6) is 0 Å². The van der Waals surface area contributed by atoms with Gasteiger partial charge in [-0.25, -0.2) is 4.99 Å². The van der Waals surface area contributed by atoms with Crippen molar-refractivity contribution in [2.24, 2.45) is 4.99 Å². The van der Waals surface area contributed by atoms with E-state index in [1.54, 1.807) is 0 Å². The lowest BCUT2D eigenvalue weighted by Gasteiger charge is -2.36. The van der Waals surface area contributed by atoms with Crippen LogP contribution >= 0.6 is 0 Å². The molecule has 2 rings (SSSR count). The molecule has 2 fully saturated rings. The first-order chi connectivity index (χ1) is 13.2. The van der Waals surface area contributed by atoms with Gasteiger partial charge in [0.1, 0.15) is 13.1 Å². The maximum Gasteiger partial charge on any atom is 0.406 e. The van der Waals surface area contributed by atoms with Crippen molar-refractivity contribution >= 4 is 17.8 Å². The maximum absolute atomic E-state index is 12.4. The van der Waals surface area contributed by atoms with Gasteiger partial charge in [0.25, 0.3) is 0 Å². The zero-order chi connectivity index (χ0) is 20.7. The molecule has 2 aliphatic rings. The third kappa shape index (κ3) is 7.91. The van der Waals surface area contributed by atoms with Crippen LogP contribution in [0.15, 0.2) is 4.99 Å². The predicted molar refractivity (Wildman–Crippen MR) is 98.8 cm³/mol. The van der Waals surface area contributed by atoms with Crippen molar-refractivity contribution in [3.8, 4) is 0 Å². The molecule has 28 heavy (non-hydrogen) atoms. The van der Waals surface area contributed by atoms with Crippen LogP contribution < -0.4 is 10.6 Å². The van der Waals surface area contributed by atoms with E-state index in [2.05, 4.69) is 20.5 Å². The number of hydrogen-bond donors (Lipinski definition) is 2.